The molecule has 2 atom stereocenters. The van der Waals surface area contributed by atoms with Crippen molar-refractivity contribution in [2.45, 2.75) is 45.6 Å². The normalized spacial score (nSPS) is 22.0. The number of guanidine groups is 1. The van der Waals surface area contributed by atoms with E-state index in [0.717, 1.165) is 25.0 Å². The molecule has 2 aliphatic rings. The van der Waals surface area contributed by atoms with Crippen LogP contribution in [0.1, 0.15) is 51.1 Å². The molecule has 6 heteroatoms. The molecule has 170 valence electrons. The second-order valence-corrected chi connectivity index (χ2v) is 9.17. The average molecular weight is 528 g/mol. The first kappa shape index (κ1) is 25.4. The lowest BCUT2D eigenvalue weighted by Crippen LogP contribution is -2.46. The second-order valence-electron chi connectivity index (χ2n) is 9.17. The summed E-state index contributed by atoms with van der Waals surface area (Å²) in [6.45, 7) is 12.6. The summed E-state index contributed by atoms with van der Waals surface area (Å²) in [5.74, 6) is 2.40. The molecule has 0 radical (unpaired) electrons. The summed E-state index contributed by atoms with van der Waals surface area (Å²) < 4.78 is 0. The van der Waals surface area contributed by atoms with Gasteiger partial charge in [-0.05, 0) is 62.7 Å². The molecule has 0 bridgehead atoms. The predicted octanol–water partition coefficient (Wildman–Crippen LogP) is 3.97. The van der Waals surface area contributed by atoms with Gasteiger partial charge in [0.15, 0.2) is 5.96 Å². The van der Waals surface area contributed by atoms with E-state index < -0.39 is 0 Å². The van der Waals surface area contributed by atoms with E-state index in [9.17, 15) is 0 Å². The van der Waals surface area contributed by atoms with Gasteiger partial charge in [-0.25, -0.2) is 0 Å². The molecule has 5 nitrogen and oxygen atoms in total. The van der Waals surface area contributed by atoms with E-state index in [0.29, 0.717) is 12.0 Å². The Morgan fingerprint density at radius 1 is 1.07 bits per heavy atom. The van der Waals surface area contributed by atoms with Gasteiger partial charge in [-0.2, -0.15) is 0 Å². The first-order chi connectivity index (χ1) is 14.2. The van der Waals surface area contributed by atoms with E-state index in [2.05, 4.69) is 69.6 Å². The Morgan fingerprint density at radius 3 is 2.47 bits per heavy atom. The molecule has 1 aromatic rings. The number of piperidine rings is 1. The van der Waals surface area contributed by atoms with Gasteiger partial charge in [0.25, 0.3) is 0 Å². The minimum atomic E-state index is 0. The zero-order valence-electron chi connectivity index (χ0n) is 19.1. The number of benzene rings is 1. The van der Waals surface area contributed by atoms with Crippen LogP contribution in [0.25, 0.3) is 0 Å². The van der Waals surface area contributed by atoms with Crippen molar-refractivity contribution in [3.05, 3.63) is 35.9 Å². The summed E-state index contributed by atoms with van der Waals surface area (Å²) in [6, 6.07) is 11.3. The largest absolute Gasteiger partial charge is 0.356 e. The molecule has 1 aromatic carbocycles. The summed E-state index contributed by atoms with van der Waals surface area (Å²) in [5, 5.41) is 7.22. The van der Waals surface area contributed by atoms with Crippen LogP contribution in [0.5, 0.6) is 0 Å². The van der Waals surface area contributed by atoms with Crippen LogP contribution in [0.4, 0.5) is 0 Å². The summed E-state index contributed by atoms with van der Waals surface area (Å²) in [6.07, 6.45) is 5.25. The van der Waals surface area contributed by atoms with Crippen LogP contribution in [0.15, 0.2) is 35.3 Å². The van der Waals surface area contributed by atoms with Gasteiger partial charge in [0.05, 0.1) is 6.04 Å². The van der Waals surface area contributed by atoms with Gasteiger partial charge in [-0.1, -0.05) is 44.2 Å². The highest BCUT2D eigenvalue weighted by atomic mass is 127. The molecule has 2 saturated heterocycles. The Balaban J connectivity index is 0.00000320. The van der Waals surface area contributed by atoms with Crippen LogP contribution < -0.4 is 10.6 Å². The molecule has 2 heterocycles. The van der Waals surface area contributed by atoms with Gasteiger partial charge in [0.1, 0.15) is 0 Å². The lowest BCUT2D eigenvalue weighted by atomic mass is 9.97. The summed E-state index contributed by atoms with van der Waals surface area (Å²) in [7, 11) is 1.88. The fraction of sp³-hybridized carbons (Fsp3) is 0.708. The van der Waals surface area contributed by atoms with E-state index in [1.807, 2.05) is 7.05 Å². The molecule has 0 spiro atoms. The SMILES string of the molecule is CN=C(NCC1CCCN(CC(C)C)C1)NCC(c1ccccc1)N1CCCC1.I. The van der Waals surface area contributed by atoms with Crippen molar-refractivity contribution in [2.75, 3.05) is 52.9 Å². The van der Waals surface area contributed by atoms with Gasteiger partial charge in [0.2, 0.25) is 0 Å². The van der Waals surface area contributed by atoms with Crippen LogP contribution in [0, 0.1) is 11.8 Å². The predicted molar refractivity (Wildman–Crippen MR) is 139 cm³/mol. The highest BCUT2D eigenvalue weighted by Gasteiger charge is 2.24. The van der Waals surface area contributed by atoms with Crippen LogP contribution in [-0.4, -0.2) is 68.6 Å². The molecule has 0 amide bonds. The standard InChI is InChI=1S/C24H41N5.HI/c1-20(2)18-28-13-9-10-21(19-28)16-26-24(25-3)27-17-23(29-14-7-8-15-29)22-11-5-4-6-12-22;/h4-6,11-12,20-21,23H,7-10,13-19H2,1-3H3,(H2,25,26,27);1H. The first-order valence-electron chi connectivity index (χ1n) is 11.6. The van der Waals surface area contributed by atoms with Crippen LogP contribution >= 0.6 is 24.0 Å². The van der Waals surface area contributed by atoms with Gasteiger partial charge in [-0.15, -0.1) is 24.0 Å². The van der Waals surface area contributed by atoms with Crippen molar-refractivity contribution in [1.82, 2.24) is 20.4 Å². The summed E-state index contributed by atoms with van der Waals surface area (Å²) >= 11 is 0. The Morgan fingerprint density at radius 2 is 1.80 bits per heavy atom. The van der Waals surface area contributed by atoms with E-state index in [-0.39, 0.29) is 24.0 Å². The Labute approximate surface area is 201 Å². The van der Waals surface area contributed by atoms with E-state index in [4.69, 9.17) is 0 Å². The number of halogens is 1. The zero-order valence-corrected chi connectivity index (χ0v) is 21.5. The molecule has 3 rings (SSSR count). The molecular weight excluding hydrogens is 485 g/mol. The average Bonchev–Trinajstić information content (AvgIpc) is 3.25. The molecule has 2 unspecified atom stereocenters. The Kier molecular flexibility index (Phi) is 11.5. The molecule has 0 aromatic heterocycles. The van der Waals surface area contributed by atoms with Crippen LogP contribution in [0.3, 0.4) is 0 Å². The van der Waals surface area contributed by atoms with Crippen molar-refractivity contribution in [3.8, 4) is 0 Å². The van der Waals surface area contributed by atoms with Crippen LogP contribution in [-0.2, 0) is 0 Å². The smallest absolute Gasteiger partial charge is 0.191 e. The van der Waals surface area contributed by atoms with Gasteiger partial charge >= 0.3 is 0 Å². The number of rotatable bonds is 8. The number of hydrogen-bond acceptors (Lipinski definition) is 3. The maximum absolute atomic E-state index is 4.49. The topological polar surface area (TPSA) is 42.9 Å². The number of nitrogens with zero attached hydrogens (tertiary/aromatic N) is 3. The number of aliphatic imine (C=N–C) groups is 1. The molecule has 0 aliphatic carbocycles. The van der Waals surface area contributed by atoms with Crippen molar-refractivity contribution in [2.24, 2.45) is 16.8 Å². The first-order valence-corrected chi connectivity index (χ1v) is 11.6. The molecule has 2 fully saturated rings. The van der Waals surface area contributed by atoms with Crippen molar-refractivity contribution < 1.29 is 0 Å². The van der Waals surface area contributed by atoms with E-state index in [1.54, 1.807) is 0 Å². The third-order valence-electron chi connectivity index (χ3n) is 6.24. The summed E-state index contributed by atoms with van der Waals surface area (Å²) in [5.41, 5.74) is 1.40. The molecule has 2 aliphatic heterocycles. The quantitative estimate of drug-likeness (QED) is 0.305. The van der Waals surface area contributed by atoms with Crippen molar-refractivity contribution in [1.29, 1.82) is 0 Å². The molecule has 0 saturated carbocycles. The maximum atomic E-state index is 4.49. The van der Waals surface area contributed by atoms with Crippen LogP contribution in [0.2, 0.25) is 0 Å². The number of nitrogens with one attached hydrogen (secondary N) is 2. The fourth-order valence-electron chi connectivity index (χ4n) is 4.84. The maximum Gasteiger partial charge on any atom is 0.191 e. The van der Waals surface area contributed by atoms with Gasteiger partial charge in [0, 0.05) is 33.2 Å². The van der Waals surface area contributed by atoms with Gasteiger partial charge in [-0.3, -0.25) is 9.89 Å². The third-order valence-corrected chi connectivity index (χ3v) is 6.24. The second kappa shape index (κ2) is 13.5. The Bertz CT molecular complexity index is 615. The van der Waals surface area contributed by atoms with E-state index >= 15 is 0 Å². The minimum absolute atomic E-state index is 0. The third kappa shape index (κ3) is 8.00. The highest BCUT2D eigenvalue weighted by molar-refractivity contribution is 14.0. The lowest BCUT2D eigenvalue weighted by molar-refractivity contribution is 0.159. The summed E-state index contributed by atoms with van der Waals surface area (Å²) in [4.78, 5) is 9.74. The molecular formula is C24H42IN5. The number of likely N-dealkylation sites (tertiary alicyclic amines) is 2. The zero-order chi connectivity index (χ0) is 20.5. The molecule has 2 N–H and O–H groups in total. The van der Waals surface area contributed by atoms with Crippen molar-refractivity contribution >= 4 is 29.9 Å². The Hall–Kier alpha value is -0.860. The van der Waals surface area contributed by atoms with Gasteiger partial charge < -0.3 is 15.5 Å². The molecule has 30 heavy (non-hydrogen) atoms. The minimum Gasteiger partial charge on any atom is -0.356 e. The number of hydrogen-bond donors (Lipinski definition) is 2. The van der Waals surface area contributed by atoms with Crippen molar-refractivity contribution in [3.63, 3.8) is 0 Å². The lowest BCUT2D eigenvalue weighted by Gasteiger charge is -2.34. The fourth-order valence-corrected chi connectivity index (χ4v) is 4.84. The highest BCUT2D eigenvalue weighted by Crippen LogP contribution is 2.24. The monoisotopic (exact) mass is 527 g/mol. The van der Waals surface area contributed by atoms with E-state index in [1.165, 1.54) is 64.0 Å².